The number of amides is 1. The molecular formula is C13H27N3O2. The Morgan fingerprint density at radius 2 is 2.11 bits per heavy atom. The zero-order valence-corrected chi connectivity index (χ0v) is 11.5. The Morgan fingerprint density at radius 3 is 2.72 bits per heavy atom. The van der Waals surface area contributed by atoms with Crippen molar-refractivity contribution in [2.45, 2.75) is 26.2 Å². The van der Waals surface area contributed by atoms with Gasteiger partial charge in [0.1, 0.15) is 0 Å². The Labute approximate surface area is 110 Å². The van der Waals surface area contributed by atoms with Gasteiger partial charge < -0.3 is 15.7 Å². The molecule has 1 rings (SSSR count). The van der Waals surface area contributed by atoms with E-state index in [9.17, 15) is 4.79 Å². The van der Waals surface area contributed by atoms with Crippen molar-refractivity contribution in [1.29, 1.82) is 0 Å². The SMILES string of the molecule is CCCC(CCO)CNC(=O)CN1CCNCC1. The van der Waals surface area contributed by atoms with Crippen LogP contribution in [-0.4, -0.2) is 61.8 Å². The first-order chi connectivity index (χ1) is 8.76. The van der Waals surface area contributed by atoms with Crippen molar-refractivity contribution >= 4 is 5.91 Å². The van der Waals surface area contributed by atoms with E-state index in [0.717, 1.165) is 45.4 Å². The molecule has 0 aliphatic carbocycles. The molecule has 1 fully saturated rings. The van der Waals surface area contributed by atoms with Gasteiger partial charge in [-0.05, 0) is 18.8 Å². The average molecular weight is 257 g/mol. The summed E-state index contributed by atoms with van der Waals surface area (Å²) in [5, 5.41) is 15.2. The van der Waals surface area contributed by atoms with Crippen LogP contribution in [0.1, 0.15) is 26.2 Å². The van der Waals surface area contributed by atoms with Crippen molar-refractivity contribution in [3.8, 4) is 0 Å². The summed E-state index contributed by atoms with van der Waals surface area (Å²) in [6.07, 6.45) is 2.94. The second kappa shape index (κ2) is 9.30. The number of hydrogen-bond acceptors (Lipinski definition) is 4. The van der Waals surface area contributed by atoms with Crippen molar-refractivity contribution in [3.05, 3.63) is 0 Å². The lowest BCUT2D eigenvalue weighted by Gasteiger charge is -2.26. The third-order valence-corrected chi connectivity index (χ3v) is 3.40. The molecular weight excluding hydrogens is 230 g/mol. The topological polar surface area (TPSA) is 64.6 Å². The van der Waals surface area contributed by atoms with Crippen molar-refractivity contribution < 1.29 is 9.90 Å². The summed E-state index contributed by atoms with van der Waals surface area (Å²) in [6, 6.07) is 0. The van der Waals surface area contributed by atoms with E-state index in [-0.39, 0.29) is 12.5 Å². The van der Waals surface area contributed by atoms with Gasteiger partial charge >= 0.3 is 0 Å². The van der Waals surface area contributed by atoms with E-state index < -0.39 is 0 Å². The predicted molar refractivity (Wildman–Crippen MR) is 72.4 cm³/mol. The lowest BCUT2D eigenvalue weighted by Crippen LogP contribution is -2.48. The molecule has 5 nitrogen and oxygen atoms in total. The standard InChI is InChI=1S/C13H27N3O2/c1-2-3-12(4-9-17)10-15-13(18)11-16-7-5-14-6-8-16/h12,14,17H,2-11H2,1H3,(H,15,18). The third-order valence-electron chi connectivity index (χ3n) is 3.40. The quantitative estimate of drug-likeness (QED) is 0.564. The molecule has 1 aliphatic rings. The van der Waals surface area contributed by atoms with E-state index >= 15 is 0 Å². The van der Waals surface area contributed by atoms with E-state index in [4.69, 9.17) is 5.11 Å². The highest BCUT2D eigenvalue weighted by molar-refractivity contribution is 5.78. The van der Waals surface area contributed by atoms with E-state index in [2.05, 4.69) is 22.5 Å². The summed E-state index contributed by atoms with van der Waals surface area (Å²) < 4.78 is 0. The van der Waals surface area contributed by atoms with E-state index in [1.165, 1.54) is 0 Å². The molecule has 1 unspecified atom stereocenters. The van der Waals surface area contributed by atoms with Gasteiger partial charge in [-0.1, -0.05) is 13.3 Å². The number of carbonyl (C=O) groups is 1. The smallest absolute Gasteiger partial charge is 0.234 e. The minimum Gasteiger partial charge on any atom is -0.396 e. The largest absolute Gasteiger partial charge is 0.396 e. The van der Waals surface area contributed by atoms with Crippen LogP contribution >= 0.6 is 0 Å². The lowest BCUT2D eigenvalue weighted by atomic mass is 10.0. The van der Waals surface area contributed by atoms with Crippen LogP contribution in [0, 0.1) is 5.92 Å². The van der Waals surface area contributed by atoms with Gasteiger partial charge in [-0.25, -0.2) is 0 Å². The van der Waals surface area contributed by atoms with Crippen LogP contribution in [0.5, 0.6) is 0 Å². The molecule has 106 valence electrons. The molecule has 0 bridgehead atoms. The molecule has 0 spiro atoms. The number of aliphatic hydroxyl groups is 1. The van der Waals surface area contributed by atoms with Gasteiger partial charge in [0.25, 0.3) is 0 Å². The predicted octanol–water partition coefficient (Wildman–Crippen LogP) is -0.193. The first-order valence-electron chi connectivity index (χ1n) is 7.07. The number of piperazine rings is 1. The Bertz CT molecular complexity index is 224. The Morgan fingerprint density at radius 1 is 1.39 bits per heavy atom. The van der Waals surface area contributed by atoms with Gasteiger partial charge in [-0.3, -0.25) is 9.69 Å². The van der Waals surface area contributed by atoms with Gasteiger partial charge in [0, 0.05) is 39.3 Å². The van der Waals surface area contributed by atoms with Crippen molar-refractivity contribution in [2.75, 3.05) is 45.9 Å². The van der Waals surface area contributed by atoms with Gasteiger partial charge in [0.15, 0.2) is 0 Å². The Hall–Kier alpha value is -0.650. The fourth-order valence-electron chi connectivity index (χ4n) is 2.33. The first-order valence-corrected chi connectivity index (χ1v) is 7.07. The fraction of sp³-hybridized carbons (Fsp3) is 0.923. The molecule has 0 aromatic heterocycles. The minimum atomic E-state index is 0.107. The maximum Gasteiger partial charge on any atom is 0.234 e. The highest BCUT2D eigenvalue weighted by Gasteiger charge is 2.14. The number of rotatable bonds is 8. The maximum absolute atomic E-state index is 11.8. The van der Waals surface area contributed by atoms with Gasteiger partial charge in [-0.15, -0.1) is 0 Å². The van der Waals surface area contributed by atoms with Crippen LogP contribution in [0.25, 0.3) is 0 Å². The lowest BCUT2D eigenvalue weighted by molar-refractivity contribution is -0.122. The van der Waals surface area contributed by atoms with Crippen LogP contribution in [0.2, 0.25) is 0 Å². The summed E-state index contributed by atoms with van der Waals surface area (Å²) in [4.78, 5) is 14.0. The highest BCUT2D eigenvalue weighted by Crippen LogP contribution is 2.09. The molecule has 1 aliphatic heterocycles. The summed E-state index contributed by atoms with van der Waals surface area (Å²) in [5.74, 6) is 0.517. The zero-order valence-electron chi connectivity index (χ0n) is 11.5. The van der Waals surface area contributed by atoms with E-state index in [1.54, 1.807) is 0 Å². The summed E-state index contributed by atoms with van der Waals surface area (Å²) in [7, 11) is 0. The van der Waals surface area contributed by atoms with Crippen molar-refractivity contribution in [1.82, 2.24) is 15.5 Å². The molecule has 1 atom stereocenters. The molecule has 0 aromatic rings. The molecule has 0 saturated carbocycles. The number of hydrogen-bond donors (Lipinski definition) is 3. The summed E-state index contributed by atoms with van der Waals surface area (Å²) >= 11 is 0. The molecule has 1 amide bonds. The second-order valence-electron chi connectivity index (χ2n) is 5.00. The van der Waals surface area contributed by atoms with Crippen LogP contribution < -0.4 is 10.6 Å². The number of nitrogens with one attached hydrogen (secondary N) is 2. The molecule has 1 heterocycles. The van der Waals surface area contributed by atoms with Gasteiger partial charge in [0.2, 0.25) is 5.91 Å². The third kappa shape index (κ3) is 6.33. The molecule has 18 heavy (non-hydrogen) atoms. The molecule has 3 N–H and O–H groups in total. The van der Waals surface area contributed by atoms with Crippen LogP contribution in [-0.2, 0) is 4.79 Å². The number of aliphatic hydroxyl groups excluding tert-OH is 1. The summed E-state index contributed by atoms with van der Waals surface area (Å²) in [5.41, 5.74) is 0. The van der Waals surface area contributed by atoms with Crippen LogP contribution in [0.3, 0.4) is 0 Å². The summed E-state index contributed by atoms with van der Waals surface area (Å²) in [6.45, 7) is 7.36. The maximum atomic E-state index is 11.8. The van der Waals surface area contributed by atoms with E-state index in [1.807, 2.05) is 0 Å². The van der Waals surface area contributed by atoms with Crippen LogP contribution in [0.4, 0.5) is 0 Å². The first kappa shape index (κ1) is 15.4. The monoisotopic (exact) mass is 257 g/mol. The number of carbonyl (C=O) groups excluding carboxylic acids is 1. The van der Waals surface area contributed by atoms with Crippen LogP contribution in [0.15, 0.2) is 0 Å². The Balaban J connectivity index is 2.17. The molecule has 1 saturated heterocycles. The van der Waals surface area contributed by atoms with Gasteiger partial charge in [0.05, 0.1) is 6.54 Å². The van der Waals surface area contributed by atoms with Gasteiger partial charge in [-0.2, -0.15) is 0 Å². The van der Waals surface area contributed by atoms with Crippen molar-refractivity contribution in [2.24, 2.45) is 5.92 Å². The zero-order chi connectivity index (χ0) is 13.2. The second-order valence-corrected chi connectivity index (χ2v) is 5.00. The fourth-order valence-corrected chi connectivity index (χ4v) is 2.33. The normalized spacial score (nSPS) is 18.6. The highest BCUT2D eigenvalue weighted by atomic mass is 16.3. The van der Waals surface area contributed by atoms with E-state index in [0.29, 0.717) is 19.0 Å². The average Bonchev–Trinajstić information content (AvgIpc) is 2.38. The number of nitrogens with zero attached hydrogens (tertiary/aromatic N) is 1. The molecule has 0 radical (unpaired) electrons. The Kier molecular flexibility index (Phi) is 7.96. The molecule has 0 aromatic carbocycles. The van der Waals surface area contributed by atoms with Crippen molar-refractivity contribution in [3.63, 3.8) is 0 Å². The molecule has 5 heteroatoms. The minimum absolute atomic E-state index is 0.107.